The van der Waals surface area contributed by atoms with Crippen LogP contribution in [-0.4, -0.2) is 94.1 Å². The maximum atomic E-state index is 13.8. The van der Waals surface area contributed by atoms with Crippen molar-refractivity contribution in [3.05, 3.63) is 95.6 Å². The van der Waals surface area contributed by atoms with E-state index < -0.39 is 113 Å². The molecular weight excluding hydrogens is 839 g/mol. The summed E-state index contributed by atoms with van der Waals surface area (Å²) in [6, 6.07) is 15.2. The van der Waals surface area contributed by atoms with Crippen LogP contribution >= 0.6 is 12.6 Å². The van der Waals surface area contributed by atoms with Gasteiger partial charge in [0.1, 0.15) is 17.5 Å². The number of hydrogen-bond donors (Lipinski definition) is 9. The molecule has 0 radical (unpaired) electrons. The van der Waals surface area contributed by atoms with Crippen molar-refractivity contribution in [2.24, 2.45) is 23.3 Å². The summed E-state index contributed by atoms with van der Waals surface area (Å²) in [5.41, 5.74) is 12.8. The lowest BCUT2D eigenvalue weighted by Gasteiger charge is -2.24. The van der Waals surface area contributed by atoms with E-state index in [1.807, 2.05) is 0 Å². The number of phenolic OH excluding ortho intramolecular Hbond substituents is 1. The van der Waals surface area contributed by atoms with Gasteiger partial charge in [0.25, 0.3) is 0 Å². The van der Waals surface area contributed by atoms with E-state index in [-0.39, 0.29) is 42.9 Å². The van der Waals surface area contributed by atoms with Crippen LogP contribution in [0.2, 0.25) is 0 Å². The Hall–Kier alpha value is -6.32. The first-order chi connectivity index (χ1) is 28.7. The summed E-state index contributed by atoms with van der Waals surface area (Å²) >= 11 is 4.12. The molecular formula is C40H47N5O14S2. The van der Waals surface area contributed by atoms with Gasteiger partial charge in [0.2, 0.25) is 29.5 Å². The second-order valence-corrected chi connectivity index (χ2v) is 15.4. The van der Waals surface area contributed by atoms with Gasteiger partial charge in [-0.25, -0.2) is 0 Å². The number of aliphatic carboxylic acids is 1. The number of Topliss-reactive ketones (excluding diaryl/α,β-unsaturated/α-hetero) is 2. The SMILES string of the molecule is NC(=O)C(CC(=O)[C@H](Cc1ccc(OS(=O)(=O)O)cc1)NC(=O)[C@H](CC(=O)O)NC(=O)CCC(=O)N[C@@H](CS)C(=O)C[C@@H](Cc1ccc(O)cc1)C(N)=O)Cc1ccccc1. The topological polar surface area (TPSA) is 329 Å². The van der Waals surface area contributed by atoms with E-state index in [0.717, 1.165) is 12.1 Å². The number of carboxylic acids is 1. The Morgan fingerprint density at radius 1 is 0.623 bits per heavy atom. The van der Waals surface area contributed by atoms with Crippen molar-refractivity contribution in [1.82, 2.24) is 16.0 Å². The number of phenols is 1. The van der Waals surface area contributed by atoms with E-state index in [1.54, 1.807) is 42.5 Å². The van der Waals surface area contributed by atoms with Gasteiger partial charge in [-0.1, -0.05) is 54.6 Å². The summed E-state index contributed by atoms with van der Waals surface area (Å²) in [5.74, 6) is -9.59. The van der Waals surface area contributed by atoms with Gasteiger partial charge in [-0.05, 0) is 60.2 Å². The summed E-state index contributed by atoms with van der Waals surface area (Å²) in [6.45, 7) is 0. The van der Waals surface area contributed by atoms with Crippen LogP contribution < -0.4 is 31.6 Å². The Kier molecular flexibility index (Phi) is 18.9. The third-order valence-electron chi connectivity index (χ3n) is 9.23. The van der Waals surface area contributed by atoms with Gasteiger partial charge < -0.3 is 41.8 Å². The average molecular weight is 886 g/mol. The number of ketones is 2. The minimum absolute atomic E-state index is 0.00441. The Morgan fingerprint density at radius 3 is 1.56 bits per heavy atom. The third kappa shape index (κ3) is 17.8. The Labute approximate surface area is 356 Å². The van der Waals surface area contributed by atoms with Gasteiger partial charge in [0.05, 0.1) is 18.5 Å². The van der Waals surface area contributed by atoms with Crippen LogP contribution in [0.4, 0.5) is 0 Å². The first-order valence-electron chi connectivity index (χ1n) is 18.7. The monoisotopic (exact) mass is 885 g/mol. The van der Waals surface area contributed by atoms with Crippen molar-refractivity contribution < 1.29 is 65.7 Å². The molecule has 0 bridgehead atoms. The van der Waals surface area contributed by atoms with Crippen LogP contribution in [0.1, 0.15) is 48.8 Å². The van der Waals surface area contributed by atoms with Crippen LogP contribution in [0.25, 0.3) is 0 Å². The van der Waals surface area contributed by atoms with Crippen LogP contribution in [0.5, 0.6) is 11.5 Å². The van der Waals surface area contributed by atoms with Gasteiger partial charge in [0, 0.05) is 43.3 Å². The highest BCUT2D eigenvalue weighted by atomic mass is 32.3. The summed E-state index contributed by atoms with van der Waals surface area (Å²) < 4.78 is 35.6. The number of hydrogen-bond acceptors (Lipinski definition) is 13. The second kappa shape index (κ2) is 23.5. The molecule has 0 aliphatic heterocycles. The number of carbonyl (C=O) groups is 8. The molecule has 0 spiro atoms. The van der Waals surface area contributed by atoms with Crippen molar-refractivity contribution in [3.63, 3.8) is 0 Å². The first-order valence-corrected chi connectivity index (χ1v) is 20.7. The lowest BCUT2D eigenvalue weighted by atomic mass is 9.89. The molecule has 1 unspecified atom stereocenters. The fraction of sp³-hybridized carbons (Fsp3) is 0.350. The van der Waals surface area contributed by atoms with Crippen molar-refractivity contribution in [2.45, 2.75) is 69.5 Å². The number of amides is 5. The average Bonchev–Trinajstić information content (AvgIpc) is 3.19. The second-order valence-electron chi connectivity index (χ2n) is 14.0. The van der Waals surface area contributed by atoms with Crippen molar-refractivity contribution >= 4 is 70.1 Å². The molecule has 3 aromatic rings. The number of carbonyl (C=O) groups excluding carboxylic acids is 7. The quantitative estimate of drug-likeness (QED) is 0.0389. The molecule has 0 aliphatic rings. The highest BCUT2D eigenvalue weighted by Crippen LogP contribution is 2.20. The Balaban J connectivity index is 1.70. The molecule has 5 amide bonds. The molecule has 328 valence electrons. The van der Waals surface area contributed by atoms with E-state index in [9.17, 15) is 57.0 Å². The molecule has 0 aromatic heterocycles. The summed E-state index contributed by atoms with van der Waals surface area (Å²) in [6.07, 6.45) is -2.97. The maximum Gasteiger partial charge on any atom is 0.446 e. The minimum Gasteiger partial charge on any atom is -0.508 e. The van der Waals surface area contributed by atoms with Crippen molar-refractivity contribution in [1.29, 1.82) is 0 Å². The van der Waals surface area contributed by atoms with Gasteiger partial charge >= 0.3 is 16.4 Å². The zero-order valence-corrected chi connectivity index (χ0v) is 34.3. The third-order valence-corrected chi connectivity index (χ3v) is 10.00. The molecule has 3 rings (SSSR count). The number of primary amides is 2. The van der Waals surface area contributed by atoms with E-state index >= 15 is 0 Å². The largest absolute Gasteiger partial charge is 0.508 e. The standard InChI is InChI=1S/C40H47N5O14S2/c41-38(53)26(16-23-4-2-1-3-5-23)19-33(47)30(18-25-8-12-29(13-9-25)59-61(56,57)58)45-40(55)31(21-37(51)52)43-35(49)14-15-36(50)44-32(22-60)34(48)20-27(39(42)54)17-24-6-10-28(46)11-7-24/h1-13,26-27,30-32,46,60H,14-22H2,(H2,41,53)(H2,42,54)(H,43,49)(H,44,50)(H,45,55)(H,51,52)(H,56,57,58)/t26?,27-,30+,31+,32+/m1/s1. The molecule has 5 atom stereocenters. The Morgan fingerprint density at radius 2 is 1.08 bits per heavy atom. The first kappa shape index (κ1) is 49.0. The van der Waals surface area contributed by atoms with Gasteiger partial charge in [0.15, 0.2) is 11.6 Å². The number of rotatable bonds is 26. The lowest BCUT2D eigenvalue weighted by molar-refractivity contribution is -0.141. The van der Waals surface area contributed by atoms with E-state index in [0.29, 0.717) is 16.7 Å². The summed E-state index contributed by atoms with van der Waals surface area (Å²) in [7, 11) is -4.85. The lowest BCUT2D eigenvalue weighted by Crippen LogP contribution is -2.53. The van der Waals surface area contributed by atoms with E-state index in [2.05, 4.69) is 32.8 Å². The zero-order chi connectivity index (χ0) is 45.3. The van der Waals surface area contributed by atoms with Crippen LogP contribution in [0.15, 0.2) is 78.9 Å². The molecule has 61 heavy (non-hydrogen) atoms. The smallest absolute Gasteiger partial charge is 0.446 e. The van der Waals surface area contributed by atoms with Gasteiger partial charge in [-0.15, -0.1) is 0 Å². The fourth-order valence-corrected chi connectivity index (χ4v) is 6.71. The number of carboxylic acid groups (broad SMARTS) is 1. The number of nitrogens with one attached hydrogen (secondary N) is 3. The summed E-state index contributed by atoms with van der Waals surface area (Å²) in [4.78, 5) is 103. The number of nitrogens with two attached hydrogens (primary N) is 2. The maximum absolute atomic E-state index is 13.8. The molecule has 0 saturated heterocycles. The molecule has 0 aliphatic carbocycles. The molecule has 19 nitrogen and oxygen atoms in total. The van der Waals surface area contributed by atoms with Crippen molar-refractivity contribution in [2.75, 3.05) is 5.75 Å². The van der Waals surface area contributed by atoms with Gasteiger partial charge in [-0.3, -0.25) is 42.9 Å². The van der Waals surface area contributed by atoms with Crippen LogP contribution in [-0.2, 0) is 68.0 Å². The fourth-order valence-electron chi connectivity index (χ4n) is 6.06. The molecule has 21 heteroatoms. The number of thiol groups is 1. The van der Waals surface area contributed by atoms with E-state index in [4.69, 9.17) is 16.0 Å². The molecule has 10 N–H and O–H groups in total. The minimum atomic E-state index is -4.85. The normalized spacial score (nSPS) is 13.6. The van der Waals surface area contributed by atoms with Gasteiger partial charge in [-0.2, -0.15) is 21.0 Å². The summed E-state index contributed by atoms with van der Waals surface area (Å²) in [5, 5.41) is 26.2. The molecule has 0 saturated carbocycles. The van der Waals surface area contributed by atoms with E-state index in [1.165, 1.54) is 24.3 Å². The van der Waals surface area contributed by atoms with Crippen LogP contribution in [0, 0.1) is 11.8 Å². The molecule has 3 aromatic carbocycles. The predicted molar refractivity (Wildman–Crippen MR) is 220 cm³/mol. The zero-order valence-electron chi connectivity index (χ0n) is 32.6. The highest BCUT2D eigenvalue weighted by molar-refractivity contribution is 7.81. The van der Waals surface area contributed by atoms with Crippen molar-refractivity contribution in [3.8, 4) is 11.5 Å². The molecule has 0 heterocycles. The van der Waals surface area contributed by atoms with Crippen LogP contribution in [0.3, 0.4) is 0 Å². The predicted octanol–water partition coefficient (Wildman–Crippen LogP) is 0.362. The Bertz CT molecular complexity index is 2150. The highest BCUT2D eigenvalue weighted by Gasteiger charge is 2.32. The number of aromatic hydroxyl groups is 1. The number of benzene rings is 3. The molecule has 0 fully saturated rings.